The van der Waals surface area contributed by atoms with Crippen molar-refractivity contribution >= 4 is 22.8 Å². The lowest BCUT2D eigenvalue weighted by molar-refractivity contribution is -0.154. The van der Waals surface area contributed by atoms with Crippen LogP contribution in [0.4, 0.5) is 0 Å². The third-order valence-corrected chi connectivity index (χ3v) is 3.74. The summed E-state index contributed by atoms with van der Waals surface area (Å²) in [7, 11) is 1.53. The van der Waals surface area contributed by atoms with Crippen molar-refractivity contribution in [2.45, 2.75) is 32.3 Å². The molecule has 2 rings (SSSR count). The van der Waals surface area contributed by atoms with E-state index in [1.165, 1.54) is 14.0 Å². The zero-order chi connectivity index (χ0) is 18.9. The van der Waals surface area contributed by atoms with Gasteiger partial charge in [0, 0.05) is 26.5 Å². The molecule has 0 aliphatic rings. The number of carbonyl (C=O) groups excluding carboxylic acids is 2. The molecule has 8 nitrogen and oxygen atoms in total. The number of aromatic amines is 1. The van der Waals surface area contributed by atoms with E-state index in [4.69, 9.17) is 9.47 Å². The fourth-order valence-electron chi connectivity index (χ4n) is 2.38. The first-order valence-corrected chi connectivity index (χ1v) is 8.45. The Kier molecular flexibility index (Phi) is 7.28. The number of esters is 1. The van der Waals surface area contributed by atoms with Crippen LogP contribution in [0.2, 0.25) is 0 Å². The minimum absolute atomic E-state index is 0.131. The lowest BCUT2D eigenvalue weighted by atomic mass is 10.2. The van der Waals surface area contributed by atoms with Crippen molar-refractivity contribution in [1.29, 1.82) is 0 Å². The Morgan fingerprint density at radius 3 is 2.85 bits per heavy atom. The molecule has 1 aromatic carbocycles. The Morgan fingerprint density at radius 1 is 1.31 bits per heavy atom. The summed E-state index contributed by atoms with van der Waals surface area (Å²) in [5, 5.41) is 3.13. The second kappa shape index (κ2) is 9.67. The lowest BCUT2D eigenvalue weighted by Gasteiger charge is -2.13. The van der Waals surface area contributed by atoms with E-state index in [0.29, 0.717) is 42.7 Å². The predicted molar refractivity (Wildman–Crippen MR) is 95.7 cm³/mol. The SMILES string of the molecule is COCCNC(=O)[C@@H](C)OC(=O)CCCc1nc2ccccc2c(=O)[nH]1. The van der Waals surface area contributed by atoms with Gasteiger partial charge in [0.25, 0.3) is 11.5 Å². The standard InChI is InChI=1S/C18H23N3O5/c1-12(17(23)19-10-11-25-2)26-16(22)9-5-8-15-20-14-7-4-3-6-13(14)18(24)21-15/h3-4,6-7,12H,5,8-11H2,1-2H3,(H,19,23)(H,20,21,24)/t12-/m1/s1. The second-order valence-electron chi connectivity index (χ2n) is 5.80. The zero-order valence-corrected chi connectivity index (χ0v) is 14.9. The highest BCUT2D eigenvalue weighted by atomic mass is 16.5. The third-order valence-electron chi connectivity index (χ3n) is 3.74. The number of H-pyrrole nitrogens is 1. The van der Waals surface area contributed by atoms with Gasteiger partial charge >= 0.3 is 5.97 Å². The molecule has 0 saturated heterocycles. The van der Waals surface area contributed by atoms with Crippen molar-refractivity contribution in [1.82, 2.24) is 15.3 Å². The van der Waals surface area contributed by atoms with Crippen molar-refractivity contribution in [2.75, 3.05) is 20.3 Å². The fourth-order valence-corrected chi connectivity index (χ4v) is 2.38. The van der Waals surface area contributed by atoms with Gasteiger partial charge in [0.05, 0.1) is 17.5 Å². The summed E-state index contributed by atoms with van der Waals surface area (Å²) in [6.07, 6.45) is 0.159. The quantitative estimate of drug-likeness (QED) is 0.508. The van der Waals surface area contributed by atoms with Crippen LogP contribution in [0.1, 0.15) is 25.6 Å². The smallest absolute Gasteiger partial charge is 0.306 e. The van der Waals surface area contributed by atoms with E-state index < -0.39 is 12.1 Å². The minimum atomic E-state index is -0.863. The van der Waals surface area contributed by atoms with Crippen molar-refractivity contribution < 1.29 is 19.1 Å². The fraction of sp³-hybridized carbons (Fsp3) is 0.444. The van der Waals surface area contributed by atoms with Gasteiger partial charge in [-0.25, -0.2) is 4.98 Å². The third kappa shape index (κ3) is 5.66. The van der Waals surface area contributed by atoms with E-state index in [1.54, 1.807) is 18.2 Å². The number of benzene rings is 1. The van der Waals surface area contributed by atoms with E-state index in [-0.39, 0.29) is 17.9 Å². The van der Waals surface area contributed by atoms with E-state index in [2.05, 4.69) is 15.3 Å². The van der Waals surface area contributed by atoms with Gasteiger partial charge in [-0.3, -0.25) is 14.4 Å². The summed E-state index contributed by atoms with van der Waals surface area (Å²) in [6, 6.07) is 7.07. The number of para-hydroxylation sites is 1. The second-order valence-corrected chi connectivity index (χ2v) is 5.80. The summed E-state index contributed by atoms with van der Waals surface area (Å²) < 4.78 is 9.92. The Bertz CT molecular complexity index is 818. The van der Waals surface area contributed by atoms with E-state index >= 15 is 0 Å². The number of ether oxygens (including phenoxy) is 2. The summed E-state index contributed by atoms with van der Waals surface area (Å²) in [5.74, 6) is -0.315. The van der Waals surface area contributed by atoms with Crippen LogP contribution in [0.15, 0.2) is 29.1 Å². The maximum atomic E-state index is 12.0. The summed E-state index contributed by atoms with van der Waals surface area (Å²) in [5.41, 5.74) is 0.421. The van der Waals surface area contributed by atoms with Crippen molar-refractivity contribution in [3.63, 3.8) is 0 Å². The van der Waals surface area contributed by atoms with E-state index in [1.807, 2.05) is 6.07 Å². The van der Waals surface area contributed by atoms with Gasteiger partial charge in [0.2, 0.25) is 0 Å². The Balaban J connectivity index is 1.79. The monoisotopic (exact) mass is 361 g/mol. The van der Waals surface area contributed by atoms with Crippen molar-refractivity contribution in [3.05, 3.63) is 40.4 Å². The molecular weight excluding hydrogens is 338 g/mol. The molecule has 1 aromatic heterocycles. The van der Waals surface area contributed by atoms with Gasteiger partial charge in [0.1, 0.15) is 5.82 Å². The number of fused-ring (bicyclic) bond motifs is 1. The number of methoxy groups -OCH3 is 1. The number of rotatable bonds is 9. The molecule has 1 atom stereocenters. The van der Waals surface area contributed by atoms with Gasteiger partial charge in [-0.2, -0.15) is 0 Å². The molecular formula is C18H23N3O5. The van der Waals surface area contributed by atoms with Gasteiger partial charge in [-0.15, -0.1) is 0 Å². The summed E-state index contributed by atoms with van der Waals surface area (Å²) in [4.78, 5) is 42.6. The Morgan fingerprint density at radius 2 is 2.08 bits per heavy atom. The number of carbonyl (C=O) groups is 2. The number of nitrogens with one attached hydrogen (secondary N) is 2. The molecule has 26 heavy (non-hydrogen) atoms. The van der Waals surface area contributed by atoms with Gasteiger partial charge < -0.3 is 19.8 Å². The molecule has 8 heteroatoms. The molecule has 0 bridgehead atoms. The van der Waals surface area contributed by atoms with Gasteiger partial charge in [-0.1, -0.05) is 12.1 Å². The van der Waals surface area contributed by atoms with Crippen LogP contribution in [0.25, 0.3) is 10.9 Å². The van der Waals surface area contributed by atoms with Crippen LogP contribution in [0, 0.1) is 0 Å². The summed E-state index contributed by atoms with van der Waals surface area (Å²) in [6.45, 7) is 2.27. The molecule has 0 spiro atoms. The molecule has 0 unspecified atom stereocenters. The maximum Gasteiger partial charge on any atom is 0.306 e. The molecule has 0 aliphatic carbocycles. The normalized spacial score (nSPS) is 11.9. The highest BCUT2D eigenvalue weighted by Crippen LogP contribution is 2.08. The molecule has 1 heterocycles. The van der Waals surface area contributed by atoms with Crippen LogP contribution in [0.3, 0.4) is 0 Å². The first-order valence-electron chi connectivity index (χ1n) is 8.45. The average molecular weight is 361 g/mol. The lowest BCUT2D eigenvalue weighted by Crippen LogP contribution is -2.37. The van der Waals surface area contributed by atoms with Crippen LogP contribution in [-0.2, 0) is 25.5 Å². The number of hydrogen-bond acceptors (Lipinski definition) is 6. The Labute approximate surface area is 150 Å². The van der Waals surface area contributed by atoms with Crippen molar-refractivity contribution in [2.24, 2.45) is 0 Å². The zero-order valence-electron chi connectivity index (χ0n) is 14.9. The first kappa shape index (κ1) is 19.6. The highest BCUT2D eigenvalue weighted by Gasteiger charge is 2.17. The van der Waals surface area contributed by atoms with Crippen LogP contribution in [-0.4, -0.2) is 48.2 Å². The number of amides is 1. The summed E-state index contributed by atoms with van der Waals surface area (Å²) >= 11 is 0. The predicted octanol–water partition coefficient (Wildman–Crippen LogP) is 0.940. The number of hydrogen-bond donors (Lipinski definition) is 2. The van der Waals surface area contributed by atoms with Crippen molar-refractivity contribution in [3.8, 4) is 0 Å². The number of aromatic nitrogens is 2. The first-order chi connectivity index (χ1) is 12.5. The molecule has 0 aliphatic heterocycles. The number of nitrogens with zero attached hydrogens (tertiary/aromatic N) is 1. The maximum absolute atomic E-state index is 12.0. The topological polar surface area (TPSA) is 110 Å². The van der Waals surface area contributed by atoms with Crippen LogP contribution in [0.5, 0.6) is 0 Å². The molecule has 2 N–H and O–H groups in total. The number of aryl methyl sites for hydroxylation is 1. The molecule has 0 radical (unpaired) electrons. The molecule has 2 aromatic rings. The molecule has 1 amide bonds. The van der Waals surface area contributed by atoms with Crippen LogP contribution < -0.4 is 10.9 Å². The largest absolute Gasteiger partial charge is 0.453 e. The minimum Gasteiger partial charge on any atom is -0.453 e. The highest BCUT2D eigenvalue weighted by molar-refractivity contribution is 5.83. The van der Waals surface area contributed by atoms with Gasteiger partial charge in [-0.05, 0) is 25.5 Å². The average Bonchev–Trinajstić information content (AvgIpc) is 2.62. The van der Waals surface area contributed by atoms with E-state index in [9.17, 15) is 14.4 Å². The van der Waals surface area contributed by atoms with E-state index in [0.717, 1.165) is 0 Å². The molecule has 0 saturated carbocycles. The molecule has 140 valence electrons. The van der Waals surface area contributed by atoms with Crippen LogP contribution >= 0.6 is 0 Å². The van der Waals surface area contributed by atoms with Gasteiger partial charge in [0.15, 0.2) is 6.10 Å². The Hall–Kier alpha value is -2.74. The molecule has 0 fully saturated rings.